The number of methoxy groups -OCH3 is 1. The number of para-hydroxylation sites is 1. The first-order chi connectivity index (χ1) is 13.1. The van der Waals surface area contributed by atoms with Gasteiger partial charge in [-0.15, -0.1) is 0 Å². The van der Waals surface area contributed by atoms with Gasteiger partial charge in [-0.2, -0.15) is 0 Å². The van der Waals surface area contributed by atoms with E-state index in [0.29, 0.717) is 32.8 Å². The molecule has 0 atom stereocenters. The smallest absolute Gasteiger partial charge is 0.340 e. The number of hydrogen-bond donors (Lipinski definition) is 1. The molecule has 0 aliphatic carbocycles. The van der Waals surface area contributed by atoms with Crippen molar-refractivity contribution >= 4 is 40.6 Å². The number of benzene rings is 2. The monoisotopic (exact) mass is 382 g/mol. The molecule has 136 valence electrons. The molecule has 2 aromatic rings. The number of amidine groups is 1. The first-order valence-electron chi connectivity index (χ1n) is 8.00. The number of rotatable bonds is 3. The van der Waals surface area contributed by atoms with Crippen molar-refractivity contribution in [3.63, 3.8) is 0 Å². The van der Waals surface area contributed by atoms with Crippen molar-refractivity contribution < 1.29 is 23.8 Å². The highest BCUT2D eigenvalue weighted by Gasteiger charge is 2.25. The summed E-state index contributed by atoms with van der Waals surface area (Å²) in [5.74, 6) is 0.586. The van der Waals surface area contributed by atoms with Crippen molar-refractivity contribution in [3.05, 3.63) is 58.5 Å². The fourth-order valence-electron chi connectivity index (χ4n) is 2.60. The lowest BCUT2D eigenvalue weighted by molar-refractivity contribution is -0.115. The van der Waals surface area contributed by atoms with Crippen LogP contribution >= 0.6 is 11.8 Å². The number of hydrogen-bond acceptors (Lipinski definition) is 7. The quantitative estimate of drug-likeness (QED) is 0.649. The molecule has 1 fully saturated rings. The highest BCUT2D eigenvalue weighted by molar-refractivity contribution is 8.18. The van der Waals surface area contributed by atoms with E-state index in [2.05, 4.69) is 10.3 Å². The molecule has 0 aromatic heterocycles. The molecule has 2 heterocycles. The molecule has 2 aliphatic heterocycles. The summed E-state index contributed by atoms with van der Waals surface area (Å²) < 4.78 is 15.4. The largest absolute Gasteiger partial charge is 0.465 e. The van der Waals surface area contributed by atoms with Gasteiger partial charge in [0, 0.05) is 0 Å². The number of fused-ring (bicyclic) bond motifs is 1. The van der Waals surface area contributed by atoms with E-state index in [1.807, 2.05) is 12.1 Å². The molecule has 0 radical (unpaired) electrons. The predicted octanol–water partition coefficient (Wildman–Crippen LogP) is 3.09. The van der Waals surface area contributed by atoms with Gasteiger partial charge in [-0.25, -0.2) is 9.79 Å². The van der Waals surface area contributed by atoms with Gasteiger partial charge < -0.3 is 19.5 Å². The Labute approximate surface area is 159 Å². The lowest BCUT2D eigenvalue weighted by Gasteiger charge is -2.03. The van der Waals surface area contributed by atoms with Crippen molar-refractivity contribution in [1.29, 1.82) is 0 Å². The minimum atomic E-state index is -0.486. The van der Waals surface area contributed by atoms with Gasteiger partial charge in [0.15, 0.2) is 16.7 Å². The van der Waals surface area contributed by atoms with E-state index in [1.54, 1.807) is 36.4 Å². The molecule has 1 saturated heterocycles. The van der Waals surface area contributed by atoms with E-state index in [0.717, 1.165) is 5.56 Å². The van der Waals surface area contributed by atoms with Crippen LogP contribution in [-0.4, -0.2) is 30.9 Å². The van der Waals surface area contributed by atoms with Gasteiger partial charge in [0.25, 0.3) is 5.91 Å². The predicted molar refractivity (Wildman–Crippen MR) is 101 cm³/mol. The van der Waals surface area contributed by atoms with Gasteiger partial charge in [0.05, 0.1) is 23.3 Å². The van der Waals surface area contributed by atoms with Crippen LogP contribution in [0.5, 0.6) is 11.5 Å². The van der Waals surface area contributed by atoms with E-state index in [-0.39, 0.29) is 12.7 Å². The van der Waals surface area contributed by atoms with E-state index in [4.69, 9.17) is 14.2 Å². The van der Waals surface area contributed by atoms with Crippen LogP contribution in [0.1, 0.15) is 15.9 Å². The second-order valence-corrected chi connectivity index (χ2v) is 6.63. The molecule has 8 heteroatoms. The highest BCUT2D eigenvalue weighted by Crippen LogP contribution is 2.35. The van der Waals surface area contributed by atoms with Gasteiger partial charge in [0.1, 0.15) is 0 Å². The summed E-state index contributed by atoms with van der Waals surface area (Å²) in [6.45, 7) is 0.195. The molecule has 2 aromatic carbocycles. The van der Waals surface area contributed by atoms with E-state index in [1.165, 1.54) is 18.9 Å². The maximum atomic E-state index is 12.3. The molecule has 0 saturated carbocycles. The summed E-state index contributed by atoms with van der Waals surface area (Å²) in [7, 11) is 1.31. The zero-order valence-corrected chi connectivity index (χ0v) is 15.0. The molecule has 1 N–H and O–H groups in total. The number of ether oxygens (including phenoxy) is 3. The molecule has 0 unspecified atom stereocenters. The van der Waals surface area contributed by atoms with Gasteiger partial charge in [-0.05, 0) is 47.7 Å². The van der Waals surface area contributed by atoms with Crippen molar-refractivity contribution in [1.82, 2.24) is 5.32 Å². The van der Waals surface area contributed by atoms with Crippen LogP contribution in [-0.2, 0) is 9.53 Å². The third-order valence-electron chi connectivity index (χ3n) is 3.88. The third-order valence-corrected chi connectivity index (χ3v) is 4.79. The van der Waals surface area contributed by atoms with E-state index >= 15 is 0 Å². The van der Waals surface area contributed by atoms with Crippen LogP contribution in [0.3, 0.4) is 0 Å². The zero-order chi connectivity index (χ0) is 18.8. The molecule has 1 amide bonds. The molecular weight excluding hydrogens is 368 g/mol. The van der Waals surface area contributed by atoms with Gasteiger partial charge in [-0.1, -0.05) is 18.2 Å². The molecule has 0 bridgehead atoms. The summed E-state index contributed by atoms with van der Waals surface area (Å²) in [5, 5.41) is 3.10. The lowest BCUT2D eigenvalue weighted by Crippen LogP contribution is -2.19. The molecule has 27 heavy (non-hydrogen) atoms. The Balaban J connectivity index is 1.59. The number of amides is 1. The van der Waals surface area contributed by atoms with Crippen molar-refractivity contribution in [3.8, 4) is 11.5 Å². The van der Waals surface area contributed by atoms with Gasteiger partial charge in [-0.3, -0.25) is 4.79 Å². The topological polar surface area (TPSA) is 86.2 Å². The Hall–Kier alpha value is -3.26. The van der Waals surface area contributed by atoms with Crippen LogP contribution in [0, 0.1) is 0 Å². The second kappa shape index (κ2) is 7.16. The summed E-state index contributed by atoms with van der Waals surface area (Å²) in [5.41, 5.74) is 1.57. The summed E-state index contributed by atoms with van der Waals surface area (Å²) in [6, 6.07) is 12.2. The first kappa shape index (κ1) is 17.2. The third kappa shape index (κ3) is 3.52. The number of carbonyl (C=O) groups is 2. The average molecular weight is 382 g/mol. The van der Waals surface area contributed by atoms with Gasteiger partial charge in [0.2, 0.25) is 6.79 Å². The highest BCUT2D eigenvalue weighted by atomic mass is 32.2. The maximum absolute atomic E-state index is 12.3. The van der Waals surface area contributed by atoms with E-state index in [9.17, 15) is 9.59 Å². The summed E-state index contributed by atoms with van der Waals surface area (Å²) in [4.78, 5) is 29.0. The molecule has 7 nitrogen and oxygen atoms in total. The number of carbonyl (C=O) groups excluding carboxylic acids is 2. The van der Waals surface area contributed by atoms with Crippen molar-refractivity contribution in [2.45, 2.75) is 0 Å². The van der Waals surface area contributed by atoms with E-state index < -0.39 is 5.97 Å². The molecule has 4 rings (SSSR count). The van der Waals surface area contributed by atoms with Crippen molar-refractivity contribution in [2.24, 2.45) is 4.99 Å². The Morgan fingerprint density at radius 3 is 2.89 bits per heavy atom. The van der Waals surface area contributed by atoms with Crippen molar-refractivity contribution in [2.75, 3.05) is 13.9 Å². The molecule has 0 spiro atoms. The molecule has 2 aliphatic rings. The lowest BCUT2D eigenvalue weighted by atomic mass is 10.2. The second-order valence-electron chi connectivity index (χ2n) is 5.60. The van der Waals surface area contributed by atoms with Crippen LogP contribution < -0.4 is 14.8 Å². The number of aliphatic imine (C=N–C) groups is 1. The normalized spacial score (nSPS) is 18.0. The SMILES string of the molecule is COC(=O)c1ccccc1N=C1NC(=O)/C(=C/c2ccc3c(c2)OCO3)S1. The average Bonchev–Trinajstić information content (AvgIpc) is 3.28. The Morgan fingerprint density at radius 2 is 2.04 bits per heavy atom. The summed E-state index contributed by atoms with van der Waals surface area (Å²) in [6.07, 6.45) is 1.75. The number of nitrogens with one attached hydrogen (secondary N) is 1. The fraction of sp³-hybridized carbons (Fsp3) is 0.105. The Bertz CT molecular complexity index is 999. The zero-order valence-electron chi connectivity index (χ0n) is 14.2. The fourth-order valence-corrected chi connectivity index (χ4v) is 3.43. The number of esters is 1. The summed E-state index contributed by atoms with van der Waals surface area (Å²) >= 11 is 1.20. The first-order valence-corrected chi connectivity index (χ1v) is 8.82. The Kier molecular flexibility index (Phi) is 4.55. The number of nitrogens with zero attached hydrogens (tertiary/aromatic N) is 1. The minimum absolute atomic E-state index is 0.195. The van der Waals surface area contributed by atoms with Gasteiger partial charge >= 0.3 is 5.97 Å². The van der Waals surface area contributed by atoms with Crippen LogP contribution in [0.25, 0.3) is 6.08 Å². The standard InChI is InChI=1S/C19H14N2O5S/c1-24-18(23)12-4-2-3-5-13(12)20-19-21-17(22)16(27-19)9-11-6-7-14-15(8-11)26-10-25-14/h2-9H,10H2,1H3,(H,20,21,22)/b16-9-. The Morgan fingerprint density at radius 1 is 1.22 bits per heavy atom. The van der Waals surface area contributed by atoms with Crippen LogP contribution in [0.2, 0.25) is 0 Å². The maximum Gasteiger partial charge on any atom is 0.340 e. The van der Waals surface area contributed by atoms with Crippen LogP contribution in [0.4, 0.5) is 5.69 Å². The molecular formula is C19H14N2O5S. The minimum Gasteiger partial charge on any atom is -0.465 e. The number of thioether (sulfide) groups is 1. The van der Waals surface area contributed by atoms with Crippen LogP contribution in [0.15, 0.2) is 52.4 Å².